The summed E-state index contributed by atoms with van der Waals surface area (Å²) in [4.78, 5) is 0. The van der Waals surface area contributed by atoms with Crippen LogP contribution in [0.1, 0.15) is 25.0 Å². The lowest BCUT2D eigenvalue weighted by molar-refractivity contribution is -0.692. The molecule has 0 fully saturated rings. The Kier molecular flexibility index (Phi) is 15.7. The average molecular weight is 383 g/mol. The second kappa shape index (κ2) is 16.4. The first-order chi connectivity index (χ1) is 12.2. The molecule has 0 radical (unpaired) electrons. The van der Waals surface area contributed by atoms with Gasteiger partial charge >= 0.3 is 0 Å². The van der Waals surface area contributed by atoms with Gasteiger partial charge in [0.05, 0.1) is 11.5 Å². The van der Waals surface area contributed by atoms with Crippen molar-refractivity contribution in [2.45, 2.75) is 40.8 Å². The van der Waals surface area contributed by atoms with E-state index in [1.807, 2.05) is 35.4 Å². The minimum absolute atomic E-state index is 1.08. The molecule has 0 aliphatic carbocycles. The van der Waals surface area contributed by atoms with E-state index in [1.54, 1.807) is 14.2 Å². The number of hydrogen-bond donors (Lipinski definition) is 0. The van der Waals surface area contributed by atoms with Crippen molar-refractivity contribution >= 4 is 21.6 Å². The minimum atomic E-state index is 1.08. The second-order valence-electron chi connectivity index (χ2n) is 5.28. The van der Waals surface area contributed by atoms with Gasteiger partial charge in [-0.1, -0.05) is 35.4 Å². The maximum Gasteiger partial charge on any atom is 0.169 e. The average Bonchev–Trinajstić information content (AvgIpc) is 2.63. The van der Waals surface area contributed by atoms with Gasteiger partial charge < -0.3 is 4.74 Å². The quantitative estimate of drug-likeness (QED) is 0.405. The first-order valence-corrected chi connectivity index (χ1v) is 11.2. The Morgan fingerprint density at radius 3 is 1.28 bits per heavy atom. The third-order valence-corrected chi connectivity index (χ3v) is 5.43. The summed E-state index contributed by atoms with van der Waals surface area (Å²) >= 11 is 0. The largest absolute Gasteiger partial charge is 0.388 e. The molecule has 0 spiro atoms. The fourth-order valence-electron chi connectivity index (χ4n) is 1.77. The molecule has 25 heavy (non-hydrogen) atoms. The summed E-state index contributed by atoms with van der Waals surface area (Å²) in [6.45, 7) is 10.4. The normalized spacial score (nSPS) is 9.52. The lowest BCUT2D eigenvalue weighted by Crippen LogP contribution is -2.34. The number of aryl methyl sites for hydroxylation is 4. The van der Waals surface area contributed by atoms with E-state index >= 15 is 0 Å². The highest BCUT2D eigenvalue weighted by Gasteiger charge is 2.02. The van der Waals surface area contributed by atoms with Crippen molar-refractivity contribution in [3.05, 3.63) is 60.2 Å². The smallest absolute Gasteiger partial charge is 0.169 e. The molecule has 3 nitrogen and oxygen atoms in total. The molecule has 0 N–H and O–H groups in total. The molecule has 5 heteroatoms. The number of pyridine rings is 2. The molecule has 2 aromatic rings. The number of methoxy groups -OCH3 is 1. The number of aromatic nitrogens is 2. The first-order valence-electron chi connectivity index (χ1n) is 8.71. The van der Waals surface area contributed by atoms with Crippen LogP contribution >= 0.6 is 21.6 Å². The highest BCUT2D eigenvalue weighted by molar-refractivity contribution is 8.76. The van der Waals surface area contributed by atoms with Gasteiger partial charge in [-0.25, -0.2) is 9.13 Å². The van der Waals surface area contributed by atoms with Crippen LogP contribution in [0.5, 0.6) is 0 Å². The molecular weight excluding hydrogens is 348 g/mol. The van der Waals surface area contributed by atoms with Gasteiger partial charge in [0.1, 0.15) is 0 Å². The van der Waals surface area contributed by atoms with Crippen LogP contribution in [0.3, 0.4) is 0 Å². The number of hydrogen-bond acceptors (Lipinski definition) is 3. The molecule has 0 atom stereocenters. The van der Waals surface area contributed by atoms with Crippen molar-refractivity contribution in [2.24, 2.45) is 0 Å². The molecule has 0 saturated heterocycles. The van der Waals surface area contributed by atoms with Crippen molar-refractivity contribution in [1.29, 1.82) is 0 Å². The van der Waals surface area contributed by atoms with Crippen molar-refractivity contribution < 1.29 is 13.9 Å². The van der Waals surface area contributed by atoms with Crippen molar-refractivity contribution in [1.82, 2.24) is 0 Å². The van der Waals surface area contributed by atoms with Crippen LogP contribution in [0.25, 0.3) is 0 Å². The zero-order valence-electron chi connectivity index (χ0n) is 16.6. The monoisotopic (exact) mass is 382 g/mol. The predicted molar refractivity (Wildman–Crippen MR) is 112 cm³/mol. The predicted octanol–water partition coefficient (Wildman–Crippen LogP) is 4.25. The van der Waals surface area contributed by atoms with Gasteiger partial charge in [-0.15, -0.1) is 0 Å². The summed E-state index contributed by atoms with van der Waals surface area (Å²) in [5.74, 6) is 2.30. The van der Waals surface area contributed by atoms with Crippen LogP contribution < -0.4 is 9.13 Å². The summed E-state index contributed by atoms with van der Waals surface area (Å²) in [5.41, 5.74) is 2.64. The van der Waals surface area contributed by atoms with Crippen LogP contribution in [0.15, 0.2) is 49.1 Å². The van der Waals surface area contributed by atoms with E-state index in [-0.39, 0.29) is 0 Å². The van der Waals surface area contributed by atoms with E-state index in [1.165, 1.54) is 11.1 Å². The van der Waals surface area contributed by atoms with Gasteiger partial charge in [-0.2, -0.15) is 0 Å². The maximum atomic E-state index is 4.25. The van der Waals surface area contributed by atoms with E-state index in [0.29, 0.717) is 0 Å². The Hall–Kier alpha value is -1.04. The third-order valence-electron chi connectivity index (χ3n) is 3.06. The molecule has 0 aromatic carbocycles. The van der Waals surface area contributed by atoms with Crippen molar-refractivity contribution in [3.63, 3.8) is 0 Å². The van der Waals surface area contributed by atoms with Gasteiger partial charge in [-0.3, -0.25) is 0 Å². The van der Waals surface area contributed by atoms with Crippen LogP contribution in [0, 0.1) is 13.8 Å². The standard InChI is InChI=1S/C16H22N2S2.C2H6O.C2H6/c1-15-3-7-17(8-4-15)11-13-19-20-14-12-18-9-5-16(2)6-10-18;1-3-2;1-2/h3-10H,11-14H2,1-2H3;1-2H3;1-2H3/q+2;;. The lowest BCUT2D eigenvalue weighted by atomic mass is 10.3. The SMILES string of the molecule is CC.COC.Cc1cc[n+](CCSSCC[n+]2ccc(C)cc2)cc1. The van der Waals surface area contributed by atoms with Crippen LogP contribution in [-0.4, -0.2) is 25.7 Å². The molecule has 0 bridgehead atoms. The maximum absolute atomic E-state index is 4.25. The number of nitrogens with zero attached hydrogens (tertiary/aromatic N) is 2. The van der Waals surface area contributed by atoms with E-state index in [0.717, 1.165) is 24.6 Å². The fraction of sp³-hybridized carbons (Fsp3) is 0.500. The molecular formula is C20H34N2OS2+2. The molecule has 140 valence electrons. The van der Waals surface area contributed by atoms with Gasteiger partial charge in [-0.05, 0) is 25.0 Å². The van der Waals surface area contributed by atoms with E-state index in [2.05, 4.69) is 76.8 Å². The molecule has 0 aliphatic heterocycles. The van der Waals surface area contributed by atoms with Gasteiger partial charge in [0.25, 0.3) is 0 Å². The molecule has 2 aromatic heterocycles. The van der Waals surface area contributed by atoms with Crippen LogP contribution in [-0.2, 0) is 17.8 Å². The topological polar surface area (TPSA) is 17.0 Å². The molecule has 0 amide bonds. The second-order valence-corrected chi connectivity index (χ2v) is 7.98. The summed E-state index contributed by atoms with van der Waals surface area (Å²) in [6.07, 6.45) is 8.62. The Morgan fingerprint density at radius 2 is 1.00 bits per heavy atom. The Bertz CT molecular complexity index is 481. The number of ether oxygens (including phenoxy) is 1. The van der Waals surface area contributed by atoms with Crippen LogP contribution in [0.4, 0.5) is 0 Å². The number of rotatable bonds is 7. The summed E-state index contributed by atoms with van der Waals surface area (Å²) in [7, 11) is 7.16. The lowest BCUT2D eigenvalue weighted by Gasteiger charge is -1.99. The summed E-state index contributed by atoms with van der Waals surface area (Å²) in [6, 6.07) is 8.63. The Balaban J connectivity index is 0.00000104. The zero-order valence-corrected chi connectivity index (χ0v) is 18.2. The van der Waals surface area contributed by atoms with E-state index in [9.17, 15) is 0 Å². The molecule has 0 unspecified atom stereocenters. The minimum Gasteiger partial charge on any atom is -0.388 e. The third kappa shape index (κ3) is 12.9. The van der Waals surface area contributed by atoms with E-state index in [4.69, 9.17) is 0 Å². The molecule has 2 rings (SSSR count). The molecule has 0 aliphatic rings. The van der Waals surface area contributed by atoms with E-state index < -0.39 is 0 Å². The van der Waals surface area contributed by atoms with Gasteiger partial charge in [0.15, 0.2) is 37.9 Å². The first kappa shape index (κ1) is 24.0. The molecule has 0 saturated carbocycles. The zero-order chi connectivity index (χ0) is 18.9. The van der Waals surface area contributed by atoms with Crippen molar-refractivity contribution in [3.8, 4) is 0 Å². The Morgan fingerprint density at radius 1 is 0.720 bits per heavy atom. The highest BCUT2D eigenvalue weighted by atomic mass is 33.1. The summed E-state index contributed by atoms with van der Waals surface area (Å²) < 4.78 is 8.74. The molecule has 2 heterocycles. The van der Waals surface area contributed by atoms with Gasteiger partial charge in [0, 0.05) is 38.5 Å². The van der Waals surface area contributed by atoms with Crippen LogP contribution in [0.2, 0.25) is 0 Å². The van der Waals surface area contributed by atoms with Crippen molar-refractivity contribution in [2.75, 3.05) is 25.7 Å². The highest BCUT2D eigenvalue weighted by Crippen LogP contribution is 2.19. The van der Waals surface area contributed by atoms with Gasteiger partial charge in [0.2, 0.25) is 0 Å². The Labute approximate surface area is 162 Å². The summed E-state index contributed by atoms with van der Waals surface area (Å²) in [5, 5.41) is 0. The fourth-order valence-corrected chi connectivity index (χ4v) is 3.73.